The summed E-state index contributed by atoms with van der Waals surface area (Å²) in [6.45, 7) is 0.256. The third-order valence-electron chi connectivity index (χ3n) is 4.40. The van der Waals surface area contributed by atoms with Gasteiger partial charge in [-0.1, -0.05) is 24.3 Å². The standard InChI is InChI=1S/C19H15N5O2/c1-26-18-8-14(6-7-22-18)23-12-15(9-20)24(19(23)25)17-11-21-10-13-4-2-3-5-16(13)17/h2-8,10-11,15H,12H2,1H3/t15-/m1/s1. The van der Waals surface area contributed by atoms with Gasteiger partial charge in [-0.2, -0.15) is 5.26 Å². The monoisotopic (exact) mass is 345 g/mol. The van der Waals surface area contributed by atoms with Crippen LogP contribution in [0.1, 0.15) is 0 Å². The fraction of sp³-hybridized carbons (Fsp3) is 0.158. The number of nitrogens with zero attached hydrogens (tertiary/aromatic N) is 5. The zero-order valence-corrected chi connectivity index (χ0v) is 14.0. The zero-order valence-electron chi connectivity index (χ0n) is 14.0. The van der Waals surface area contributed by atoms with Crippen molar-refractivity contribution in [1.29, 1.82) is 5.26 Å². The average Bonchev–Trinajstić information content (AvgIpc) is 3.03. The first kappa shape index (κ1) is 15.8. The number of nitriles is 1. The van der Waals surface area contributed by atoms with Crippen LogP contribution in [0.4, 0.5) is 16.2 Å². The summed E-state index contributed by atoms with van der Waals surface area (Å²) in [6.07, 6.45) is 4.94. The van der Waals surface area contributed by atoms with Gasteiger partial charge in [-0.25, -0.2) is 9.78 Å². The molecule has 0 bridgehead atoms. The number of amides is 2. The van der Waals surface area contributed by atoms with Crippen molar-refractivity contribution in [2.75, 3.05) is 23.5 Å². The van der Waals surface area contributed by atoms with Crippen molar-refractivity contribution in [2.45, 2.75) is 6.04 Å². The van der Waals surface area contributed by atoms with E-state index in [2.05, 4.69) is 16.0 Å². The van der Waals surface area contributed by atoms with Crippen molar-refractivity contribution < 1.29 is 9.53 Å². The Kier molecular flexibility index (Phi) is 3.86. The molecule has 1 aromatic carbocycles. The highest BCUT2D eigenvalue weighted by atomic mass is 16.5. The van der Waals surface area contributed by atoms with Gasteiger partial charge >= 0.3 is 6.03 Å². The lowest BCUT2D eigenvalue weighted by molar-refractivity contribution is 0.255. The zero-order chi connectivity index (χ0) is 18.1. The molecule has 0 unspecified atom stereocenters. The molecule has 1 saturated heterocycles. The fourth-order valence-electron chi connectivity index (χ4n) is 3.15. The van der Waals surface area contributed by atoms with Crippen LogP contribution < -0.4 is 14.5 Å². The number of anilines is 2. The number of hydrogen-bond donors (Lipinski definition) is 0. The summed E-state index contributed by atoms with van der Waals surface area (Å²) in [5.74, 6) is 0.411. The van der Waals surface area contributed by atoms with E-state index in [1.807, 2.05) is 24.3 Å². The molecule has 0 radical (unpaired) electrons. The molecule has 1 aliphatic rings. The van der Waals surface area contributed by atoms with Crippen LogP contribution >= 0.6 is 0 Å². The molecule has 128 valence electrons. The number of aromatic nitrogens is 2. The second kappa shape index (κ2) is 6.33. The predicted molar refractivity (Wildman–Crippen MR) is 97.2 cm³/mol. The molecule has 3 aromatic rings. The number of benzene rings is 1. The van der Waals surface area contributed by atoms with Gasteiger partial charge in [-0.3, -0.25) is 14.8 Å². The molecule has 7 heteroatoms. The summed E-state index contributed by atoms with van der Waals surface area (Å²) < 4.78 is 5.13. The van der Waals surface area contributed by atoms with E-state index in [-0.39, 0.29) is 12.6 Å². The van der Waals surface area contributed by atoms with Crippen LogP contribution in [0, 0.1) is 11.3 Å². The molecule has 0 spiro atoms. The molecule has 2 amide bonds. The number of fused-ring (bicyclic) bond motifs is 1. The molecule has 0 saturated carbocycles. The number of urea groups is 1. The van der Waals surface area contributed by atoms with Crippen LogP contribution in [0.3, 0.4) is 0 Å². The Morgan fingerprint density at radius 3 is 2.92 bits per heavy atom. The van der Waals surface area contributed by atoms with Gasteiger partial charge in [0, 0.05) is 29.2 Å². The summed E-state index contributed by atoms with van der Waals surface area (Å²) >= 11 is 0. The Balaban J connectivity index is 1.79. The fourth-order valence-corrected chi connectivity index (χ4v) is 3.15. The van der Waals surface area contributed by atoms with Crippen molar-refractivity contribution in [3.63, 3.8) is 0 Å². The first-order valence-corrected chi connectivity index (χ1v) is 8.06. The van der Waals surface area contributed by atoms with Crippen LogP contribution in [0.15, 0.2) is 55.0 Å². The highest BCUT2D eigenvalue weighted by molar-refractivity contribution is 6.11. The topological polar surface area (TPSA) is 82.4 Å². The van der Waals surface area contributed by atoms with Crippen LogP contribution in [0.2, 0.25) is 0 Å². The maximum Gasteiger partial charge on any atom is 0.330 e. The van der Waals surface area contributed by atoms with Crippen molar-refractivity contribution in [2.24, 2.45) is 0 Å². The van der Waals surface area contributed by atoms with E-state index in [4.69, 9.17) is 4.74 Å². The molecule has 26 heavy (non-hydrogen) atoms. The highest BCUT2D eigenvalue weighted by Gasteiger charge is 2.40. The lowest BCUT2D eigenvalue weighted by atomic mass is 10.1. The third-order valence-corrected chi connectivity index (χ3v) is 4.40. The summed E-state index contributed by atoms with van der Waals surface area (Å²) in [4.78, 5) is 24.5. The van der Waals surface area contributed by atoms with Crippen molar-refractivity contribution in [1.82, 2.24) is 9.97 Å². The van der Waals surface area contributed by atoms with Crippen molar-refractivity contribution in [3.05, 3.63) is 55.0 Å². The van der Waals surface area contributed by atoms with E-state index in [1.54, 1.807) is 35.6 Å². The van der Waals surface area contributed by atoms with Gasteiger partial charge in [0.1, 0.15) is 6.04 Å². The van der Waals surface area contributed by atoms with E-state index in [0.717, 1.165) is 10.8 Å². The molecule has 3 heterocycles. The van der Waals surface area contributed by atoms with Crippen LogP contribution in [0.25, 0.3) is 10.8 Å². The lowest BCUT2D eigenvalue weighted by Crippen LogP contribution is -2.34. The number of rotatable bonds is 3. The number of carbonyl (C=O) groups is 1. The minimum atomic E-state index is -0.616. The Morgan fingerprint density at radius 2 is 2.12 bits per heavy atom. The molecule has 1 atom stereocenters. The van der Waals surface area contributed by atoms with E-state index in [0.29, 0.717) is 17.3 Å². The second-order valence-corrected chi connectivity index (χ2v) is 5.84. The predicted octanol–water partition coefficient (Wildman–Crippen LogP) is 2.98. The molecule has 7 nitrogen and oxygen atoms in total. The first-order valence-electron chi connectivity index (χ1n) is 8.06. The maximum atomic E-state index is 13.1. The Hall–Kier alpha value is -3.66. The van der Waals surface area contributed by atoms with Gasteiger partial charge in [-0.05, 0) is 6.07 Å². The van der Waals surface area contributed by atoms with Crippen molar-refractivity contribution in [3.8, 4) is 11.9 Å². The summed E-state index contributed by atoms with van der Waals surface area (Å²) in [6, 6.07) is 12.4. The molecule has 1 fully saturated rings. The number of ether oxygens (including phenoxy) is 1. The minimum Gasteiger partial charge on any atom is -0.481 e. The summed E-state index contributed by atoms with van der Waals surface area (Å²) in [7, 11) is 1.52. The van der Waals surface area contributed by atoms with E-state index < -0.39 is 6.04 Å². The molecular formula is C19H15N5O2. The van der Waals surface area contributed by atoms with E-state index >= 15 is 0 Å². The molecule has 0 N–H and O–H groups in total. The van der Waals surface area contributed by atoms with Gasteiger partial charge in [0.2, 0.25) is 5.88 Å². The summed E-state index contributed by atoms with van der Waals surface area (Å²) in [5, 5.41) is 11.4. The Labute approximate surface area is 150 Å². The van der Waals surface area contributed by atoms with Crippen molar-refractivity contribution >= 4 is 28.2 Å². The maximum absolute atomic E-state index is 13.1. The van der Waals surface area contributed by atoms with Gasteiger partial charge < -0.3 is 4.74 Å². The SMILES string of the molecule is COc1cc(N2C[C@@H](C#N)N(c3cncc4ccccc34)C2=O)ccn1. The number of pyridine rings is 2. The van der Waals surface area contributed by atoms with Gasteiger partial charge in [-0.15, -0.1) is 0 Å². The van der Waals surface area contributed by atoms with Gasteiger partial charge in [0.25, 0.3) is 0 Å². The van der Waals surface area contributed by atoms with Gasteiger partial charge in [0.15, 0.2) is 0 Å². The second-order valence-electron chi connectivity index (χ2n) is 5.84. The lowest BCUT2D eigenvalue weighted by Gasteiger charge is -2.21. The van der Waals surface area contributed by atoms with Crippen LogP contribution in [-0.4, -0.2) is 35.7 Å². The van der Waals surface area contributed by atoms with E-state index in [9.17, 15) is 10.1 Å². The summed E-state index contributed by atoms with van der Waals surface area (Å²) in [5.41, 5.74) is 1.26. The minimum absolute atomic E-state index is 0.256. The average molecular weight is 345 g/mol. The molecule has 4 rings (SSSR count). The normalized spacial score (nSPS) is 16.8. The highest BCUT2D eigenvalue weighted by Crippen LogP contribution is 2.33. The molecule has 0 aliphatic carbocycles. The third kappa shape index (κ3) is 2.48. The van der Waals surface area contributed by atoms with E-state index in [1.165, 1.54) is 12.0 Å². The van der Waals surface area contributed by atoms with Gasteiger partial charge in [0.05, 0.1) is 37.3 Å². The number of hydrogen-bond acceptors (Lipinski definition) is 5. The smallest absolute Gasteiger partial charge is 0.330 e. The molecule has 1 aliphatic heterocycles. The molecule has 2 aromatic heterocycles. The first-order chi connectivity index (χ1) is 12.7. The van der Waals surface area contributed by atoms with Crippen LogP contribution in [-0.2, 0) is 0 Å². The van der Waals surface area contributed by atoms with Crippen LogP contribution in [0.5, 0.6) is 5.88 Å². The molecular weight excluding hydrogens is 330 g/mol. The quantitative estimate of drug-likeness (QED) is 0.729. The largest absolute Gasteiger partial charge is 0.481 e. The number of carbonyl (C=O) groups excluding carboxylic acids is 1. The Bertz CT molecular complexity index is 1020. The Morgan fingerprint density at radius 1 is 1.27 bits per heavy atom. The number of methoxy groups -OCH3 is 1.